The summed E-state index contributed by atoms with van der Waals surface area (Å²) in [5, 5.41) is 69.5. The van der Waals surface area contributed by atoms with Gasteiger partial charge in [-0.1, -0.05) is 0 Å². The lowest BCUT2D eigenvalue weighted by Crippen LogP contribution is -2.59. The van der Waals surface area contributed by atoms with Gasteiger partial charge in [-0.15, -0.1) is 0 Å². The van der Waals surface area contributed by atoms with Crippen LogP contribution in [0, 0.1) is 5.92 Å². The maximum atomic E-state index is 10.9. The second kappa shape index (κ2) is 9.72. The number of hydrogen-bond acceptors (Lipinski definition) is 10. The van der Waals surface area contributed by atoms with Gasteiger partial charge in [-0.25, -0.2) is 0 Å². The van der Waals surface area contributed by atoms with Crippen LogP contribution in [0.1, 0.15) is 40.0 Å². The zero-order chi connectivity index (χ0) is 22.9. The molecule has 1 aliphatic heterocycles. The summed E-state index contributed by atoms with van der Waals surface area (Å²) in [5.41, 5.74) is -2.55. The minimum Gasteiger partial charge on any atom is -0.481 e. The third kappa shape index (κ3) is 6.31. The fraction of sp³-hybridized carbons (Fsp3) is 0.947. The van der Waals surface area contributed by atoms with E-state index < -0.39 is 72.4 Å². The molecular formula is C19H34O11. The third-order valence-corrected chi connectivity index (χ3v) is 5.64. The molecular weight excluding hydrogens is 404 g/mol. The molecule has 11 heteroatoms. The Labute approximate surface area is 174 Å². The van der Waals surface area contributed by atoms with E-state index in [1.165, 1.54) is 6.92 Å². The summed E-state index contributed by atoms with van der Waals surface area (Å²) in [6.07, 6.45) is -9.17. The van der Waals surface area contributed by atoms with Crippen LogP contribution in [-0.2, 0) is 19.0 Å². The standard InChI is InChI=1S/C19H34O11/c1-9-14(24)15(25)16(26)17(29-9)30-18(2,3)7-28-8-19(27)5-11(20)10(4-13(22)23)12(21)6-19/h9-12,14-17,20-21,24-27H,4-8H2,1-3H3,(H,22,23)/t9-,10?,11+,12+,14+,15+,16-,17-,19?/m0/s1. The Morgan fingerprint density at radius 3 is 2.17 bits per heavy atom. The molecule has 2 aliphatic rings. The summed E-state index contributed by atoms with van der Waals surface area (Å²) < 4.78 is 16.6. The number of carbonyl (C=O) groups is 1. The predicted molar refractivity (Wildman–Crippen MR) is 100 cm³/mol. The first-order valence-electron chi connectivity index (χ1n) is 10.0. The molecule has 0 aromatic rings. The van der Waals surface area contributed by atoms with Crippen LogP contribution in [0.3, 0.4) is 0 Å². The normalized spacial score (nSPS) is 42.8. The highest BCUT2D eigenvalue weighted by molar-refractivity contribution is 5.67. The highest BCUT2D eigenvalue weighted by Gasteiger charge is 2.46. The van der Waals surface area contributed by atoms with Gasteiger partial charge < -0.3 is 50.0 Å². The number of aliphatic carboxylic acids is 1. The molecule has 7 atom stereocenters. The number of carboxylic acids is 1. The van der Waals surface area contributed by atoms with E-state index >= 15 is 0 Å². The number of carboxylic acid groups (broad SMARTS) is 1. The summed E-state index contributed by atoms with van der Waals surface area (Å²) in [7, 11) is 0. The van der Waals surface area contributed by atoms with Gasteiger partial charge in [0.2, 0.25) is 0 Å². The van der Waals surface area contributed by atoms with Gasteiger partial charge in [-0.2, -0.15) is 0 Å². The molecule has 1 heterocycles. The first-order valence-corrected chi connectivity index (χ1v) is 10.0. The van der Waals surface area contributed by atoms with E-state index in [4.69, 9.17) is 19.3 Å². The van der Waals surface area contributed by atoms with Crippen molar-refractivity contribution in [2.75, 3.05) is 13.2 Å². The van der Waals surface area contributed by atoms with Crippen LogP contribution in [0.15, 0.2) is 0 Å². The van der Waals surface area contributed by atoms with Crippen molar-refractivity contribution in [2.45, 2.75) is 94.1 Å². The molecule has 0 amide bonds. The maximum Gasteiger partial charge on any atom is 0.303 e. The van der Waals surface area contributed by atoms with E-state index in [-0.39, 0.29) is 26.1 Å². The molecule has 0 bridgehead atoms. The van der Waals surface area contributed by atoms with Gasteiger partial charge in [-0.3, -0.25) is 4.79 Å². The Morgan fingerprint density at radius 1 is 1.07 bits per heavy atom. The summed E-state index contributed by atoms with van der Waals surface area (Å²) in [6, 6.07) is 0. The summed E-state index contributed by atoms with van der Waals surface area (Å²) in [6.45, 7) is 4.52. The molecule has 0 radical (unpaired) electrons. The van der Waals surface area contributed by atoms with E-state index in [0.29, 0.717) is 0 Å². The number of aliphatic hydroxyl groups excluding tert-OH is 5. The molecule has 1 saturated heterocycles. The summed E-state index contributed by atoms with van der Waals surface area (Å²) >= 11 is 0. The molecule has 0 aromatic carbocycles. The van der Waals surface area contributed by atoms with E-state index in [1.54, 1.807) is 13.8 Å². The molecule has 176 valence electrons. The maximum absolute atomic E-state index is 10.9. The lowest BCUT2D eigenvalue weighted by molar-refractivity contribution is -0.321. The second-order valence-electron chi connectivity index (χ2n) is 9.08. The largest absolute Gasteiger partial charge is 0.481 e. The van der Waals surface area contributed by atoms with E-state index in [9.17, 15) is 35.4 Å². The van der Waals surface area contributed by atoms with E-state index in [2.05, 4.69) is 0 Å². The zero-order valence-corrected chi connectivity index (χ0v) is 17.4. The van der Waals surface area contributed by atoms with Crippen molar-refractivity contribution in [1.29, 1.82) is 0 Å². The van der Waals surface area contributed by atoms with Crippen molar-refractivity contribution in [3.8, 4) is 0 Å². The van der Waals surface area contributed by atoms with Crippen molar-refractivity contribution in [1.82, 2.24) is 0 Å². The number of aliphatic hydroxyl groups is 6. The molecule has 11 nitrogen and oxygen atoms in total. The van der Waals surface area contributed by atoms with Gasteiger partial charge in [0.05, 0.1) is 49.1 Å². The summed E-state index contributed by atoms with van der Waals surface area (Å²) in [5.74, 6) is -2.01. The lowest BCUT2D eigenvalue weighted by Gasteiger charge is -2.43. The van der Waals surface area contributed by atoms with E-state index in [1.807, 2.05) is 0 Å². The van der Waals surface area contributed by atoms with Crippen LogP contribution in [0.4, 0.5) is 0 Å². The fourth-order valence-corrected chi connectivity index (χ4v) is 3.96. The first-order chi connectivity index (χ1) is 13.7. The Bertz CT molecular complexity index is 571. The molecule has 7 N–H and O–H groups in total. The Balaban J connectivity index is 1.87. The quantitative estimate of drug-likeness (QED) is 0.221. The third-order valence-electron chi connectivity index (χ3n) is 5.64. The monoisotopic (exact) mass is 438 g/mol. The number of ether oxygens (including phenoxy) is 3. The number of hydrogen-bond donors (Lipinski definition) is 7. The van der Waals surface area contributed by atoms with Gasteiger partial charge >= 0.3 is 5.97 Å². The van der Waals surface area contributed by atoms with Gasteiger partial charge in [0, 0.05) is 18.8 Å². The Kier molecular flexibility index (Phi) is 8.22. The minimum absolute atomic E-state index is 0.0559. The topological polar surface area (TPSA) is 186 Å². The van der Waals surface area contributed by atoms with E-state index in [0.717, 1.165) is 0 Å². The molecule has 1 saturated carbocycles. The smallest absolute Gasteiger partial charge is 0.303 e. The average Bonchev–Trinajstić information content (AvgIpc) is 2.60. The molecule has 2 rings (SSSR count). The first kappa shape index (κ1) is 25.4. The minimum atomic E-state index is -1.54. The fourth-order valence-electron chi connectivity index (χ4n) is 3.96. The van der Waals surface area contributed by atoms with Crippen LogP contribution < -0.4 is 0 Å². The van der Waals surface area contributed by atoms with Gasteiger partial charge in [0.25, 0.3) is 0 Å². The van der Waals surface area contributed by atoms with Crippen molar-refractivity contribution >= 4 is 5.97 Å². The van der Waals surface area contributed by atoms with Crippen LogP contribution in [0.2, 0.25) is 0 Å². The molecule has 30 heavy (non-hydrogen) atoms. The van der Waals surface area contributed by atoms with Crippen molar-refractivity contribution in [3.05, 3.63) is 0 Å². The predicted octanol–water partition coefficient (Wildman–Crippen LogP) is -2.04. The zero-order valence-electron chi connectivity index (χ0n) is 17.4. The van der Waals surface area contributed by atoms with Crippen LogP contribution >= 0.6 is 0 Å². The van der Waals surface area contributed by atoms with Crippen LogP contribution in [-0.4, -0.2) is 109 Å². The highest BCUT2D eigenvalue weighted by atomic mass is 16.7. The highest BCUT2D eigenvalue weighted by Crippen LogP contribution is 2.35. The van der Waals surface area contributed by atoms with Crippen LogP contribution in [0.5, 0.6) is 0 Å². The van der Waals surface area contributed by atoms with Crippen molar-refractivity contribution in [2.24, 2.45) is 5.92 Å². The van der Waals surface area contributed by atoms with Gasteiger partial charge in [0.1, 0.15) is 18.3 Å². The molecule has 2 fully saturated rings. The summed E-state index contributed by atoms with van der Waals surface area (Å²) in [4.78, 5) is 10.9. The lowest BCUT2D eigenvalue weighted by atomic mass is 9.74. The average molecular weight is 438 g/mol. The molecule has 1 aliphatic carbocycles. The van der Waals surface area contributed by atoms with Crippen molar-refractivity contribution in [3.63, 3.8) is 0 Å². The van der Waals surface area contributed by atoms with Gasteiger partial charge in [-0.05, 0) is 20.8 Å². The van der Waals surface area contributed by atoms with Crippen LogP contribution in [0.25, 0.3) is 0 Å². The Morgan fingerprint density at radius 2 is 1.63 bits per heavy atom. The van der Waals surface area contributed by atoms with Crippen molar-refractivity contribution < 1.29 is 54.8 Å². The SMILES string of the molecule is C[C@@H]1O[C@@H](OC(C)(C)COCC2(O)C[C@@H](O)C(CC(=O)O)[C@H](O)C2)[C@@H](O)[C@H](O)[C@@H]1O. The molecule has 0 unspecified atom stereocenters. The molecule has 0 spiro atoms. The van der Waals surface area contributed by atoms with Gasteiger partial charge in [0.15, 0.2) is 6.29 Å². The Hall–Kier alpha value is -0.890. The molecule has 0 aromatic heterocycles. The second-order valence-corrected chi connectivity index (χ2v) is 9.08. The number of rotatable bonds is 8.